The second-order valence-corrected chi connectivity index (χ2v) is 3.63. The highest BCUT2D eigenvalue weighted by atomic mass is 16.4. The molecule has 0 radical (unpaired) electrons. The van der Waals surface area contributed by atoms with Gasteiger partial charge >= 0.3 is 11.9 Å². The third-order valence-corrected chi connectivity index (χ3v) is 1.94. The van der Waals surface area contributed by atoms with E-state index in [-0.39, 0.29) is 12.8 Å². The van der Waals surface area contributed by atoms with E-state index in [4.69, 9.17) is 21.7 Å². The summed E-state index contributed by atoms with van der Waals surface area (Å²) in [6.07, 6.45) is 4.66. The molecular weight excluding hydrogens is 224 g/mol. The Morgan fingerprint density at radius 2 is 1.06 bits per heavy atom. The van der Waals surface area contributed by atoms with Gasteiger partial charge in [-0.15, -0.1) is 0 Å². The molecule has 6 heteroatoms. The average molecular weight is 248 g/mol. The quantitative estimate of drug-likeness (QED) is 0.447. The molecule has 0 saturated heterocycles. The number of carbonyl (C=O) groups is 2. The summed E-state index contributed by atoms with van der Waals surface area (Å²) >= 11 is 0. The number of hydrogen-bond donors (Lipinski definition) is 4. The van der Waals surface area contributed by atoms with E-state index in [1.165, 1.54) is 0 Å². The Bertz CT molecular complexity index is 198. The summed E-state index contributed by atoms with van der Waals surface area (Å²) < 4.78 is 0. The van der Waals surface area contributed by atoms with E-state index >= 15 is 0 Å². The number of aliphatic carboxylic acids is 2. The highest BCUT2D eigenvalue weighted by Crippen LogP contribution is 1.97. The molecule has 6 nitrogen and oxygen atoms in total. The molecule has 102 valence electrons. The lowest BCUT2D eigenvalue weighted by atomic mass is 10.2. The van der Waals surface area contributed by atoms with Gasteiger partial charge in [-0.1, -0.05) is 6.42 Å². The molecule has 6 N–H and O–H groups in total. The van der Waals surface area contributed by atoms with E-state index < -0.39 is 11.9 Å². The minimum atomic E-state index is -0.738. The van der Waals surface area contributed by atoms with E-state index in [0.29, 0.717) is 19.5 Å². The lowest BCUT2D eigenvalue weighted by molar-refractivity contribution is -0.138. The van der Waals surface area contributed by atoms with E-state index in [2.05, 4.69) is 0 Å². The van der Waals surface area contributed by atoms with Crippen LogP contribution in [-0.4, -0.2) is 35.2 Å². The van der Waals surface area contributed by atoms with Crippen molar-refractivity contribution < 1.29 is 19.8 Å². The van der Waals surface area contributed by atoms with Gasteiger partial charge in [0.2, 0.25) is 0 Å². The van der Waals surface area contributed by atoms with Gasteiger partial charge in [0.1, 0.15) is 0 Å². The summed E-state index contributed by atoms with van der Waals surface area (Å²) in [5.74, 6) is -1.45. The summed E-state index contributed by atoms with van der Waals surface area (Å²) in [5, 5.41) is 16.3. The largest absolute Gasteiger partial charge is 0.481 e. The molecule has 0 amide bonds. The molecule has 0 fully saturated rings. The summed E-state index contributed by atoms with van der Waals surface area (Å²) in [6, 6.07) is 0. The number of nitrogens with two attached hydrogens (primary N) is 2. The Kier molecular flexibility index (Phi) is 15.9. The molecule has 0 aromatic heterocycles. The van der Waals surface area contributed by atoms with Crippen LogP contribution in [0.2, 0.25) is 0 Å². The summed E-state index contributed by atoms with van der Waals surface area (Å²) in [4.78, 5) is 19.8. The van der Waals surface area contributed by atoms with Crippen LogP contribution >= 0.6 is 0 Å². The Morgan fingerprint density at radius 1 is 0.706 bits per heavy atom. The molecule has 0 aromatic carbocycles. The first kappa shape index (κ1) is 18.2. The third-order valence-electron chi connectivity index (χ3n) is 1.94. The molecular formula is C11H24N2O4. The number of unbranched alkanes of at least 4 members (excludes halogenated alkanes) is 3. The molecule has 17 heavy (non-hydrogen) atoms. The Balaban J connectivity index is 0. The topological polar surface area (TPSA) is 127 Å². The fourth-order valence-corrected chi connectivity index (χ4v) is 1.02. The number of carboxylic acid groups (broad SMARTS) is 2. The molecule has 0 bridgehead atoms. The van der Waals surface area contributed by atoms with Gasteiger partial charge in [-0.2, -0.15) is 0 Å². The molecule has 0 aliphatic rings. The van der Waals surface area contributed by atoms with E-state index in [1.807, 2.05) is 0 Å². The molecule has 0 aliphatic heterocycles. The van der Waals surface area contributed by atoms with Crippen LogP contribution in [0.4, 0.5) is 0 Å². The normalized spacial score (nSPS) is 9.29. The maximum absolute atomic E-state index is 9.93. The van der Waals surface area contributed by atoms with Crippen LogP contribution in [-0.2, 0) is 9.59 Å². The van der Waals surface area contributed by atoms with Crippen molar-refractivity contribution in [1.82, 2.24) is 0 Å². The van der Waals surface area contributed by atoms with E-state index in [0.717, 1.165) is 25.7 Å². The SMILES string of the molecule is NCCCCC(=O)O.NCCCCCC(=O)O. The van der Waals surface area contributed by atoms with Crippen molar-refractivity contribution in [3.63, 3.8) is 0 Å². The number of rotatable bonds is 9. The predicted molar refractivity (Wildman–Crippen MR) is 65.7 cm³/mol. The molecule has 0 aliphatic carbocycles. The maximum atomic E-state index is 9.93. The molecule has 0 rings (SSSR count). The number of hydrogen-bond acceptors (Lipinski definition) is 4. The van der Waals surface area contributed by atoms with Gasteiger partial charge in [-0.05, 0) is 38.8 Å². The molecule has 0 unspecified atom stereocenters. The predicted octanol–water partition coefficient (Wildman–Crippen LogP) is 0.790. The minimum absolute atomic E-state index is 0.247. The second kappa shape index (κ2) is 14.9. The second-order valence-electron chi connectivity index (χ2n) is 3.63. The van der Waals surface area contributed by atoms with Gasteiger partial charge in [0, 0.05) is 12.8 Å². The molecule has 0 heterocycles. The maximum Gasteiger partial charge on any atom is 0.303 e. The lowest BCUT2D eigenvalue weighted by Crippen LogP contribution is -2.00. The van der Waals surface area contributed by atoms with Gasteiger partial charge in [0.15, 0.2) is 0 Å². The zero-order valence-electron chi connectivity index (χ0n) is 10.2. The van der Waals surface area contributed by atoms with Crippen LogP contribution in [0.15, 0.2) is 0 Å². The highest BCUT2D eigenvalue weighted by Gasteiger charge is 1.94. The van der Waals surface area contributed by atoms with Crippen LogP contribution in [0.3, 0.4) is 0 Å². The van der Waals surface area contributed by atoms with Gasteiger partial charge in [0.25, 0.3) is 0 Å². The van der Waals surface area contributed by atoms with Gasteiger partial charge in [-0.25, -0.2) is 0 Å². The van der Waals surface area contributed by atoms with Crippen molar-refractivity contribution in [2.45, 2.75) is 44.9 Å². The van der Waals surface area contributed by atoms with Gasteiger partial charge in [0.05, 0.1) is 0 Å². The van der Waals surface area contributed by atoms with E-state index in [9.17, 15) is 9.59 Å². The van der Waals surface area contributed by atoms with Crippen molar-refractivity contribution in [3.05, 3.63) is 0 Å². The summed E-state index contributed by atoms with van der Waals surface area (Å²) in [7, 11) is 0. The number of carboxylic acids is 2. The molecule has 0 atom stereocenters. The zero-order chi connectivity index (χ0) is 13.5. The first-order chi connectivity index (χ1) is 8.04. The minimum Gasteiger partial charge on any atom is -0.481 e. The van der Waals surface area contributed by atoms with Crippen molar-refractivity contribution in [2.24, 2.45) is 11.5 Å². The van der Waals surface area contributed by atoms with Crippen molar-refractivity contribution >= 4 is 11.9 Å². The van der Waals surface area contributed by atoms with Crippen LogP contribution < -0.4 is 11.5 Å². The van der Waals surface area contributed by atoms with Crippen LogP contribution in [0.1, 0.15) is 44.9 Å². The first-order valence-electron chi connectivity index (χ1n) is 5.88. The summed E-state index contributed by atoms with van der Waals surface area (Å²) in [5.41, 5.74) is 10.3. The Labute approximate surface area is 102 Å². The van der Waals surface area contributed by atoms with Crippen LogP contribution in [0.25, 0.3) is 0 Å². The van der Waals surface area contributed by atoms with Gasteiger partial charge < -0.3 is 21.7 Å². The zero-order valence-corrected chi connectivity index (χ0v) is 10.2. The molecule has 0 saturated carbocycles. The summed E-state index contributed by atoms with van der Waals surface area (Å²) in [6.45, 7) is 1.26. The van der Waals surface area contributed by atoms with Crippen LogP contribution in [0, 0.1) is 0 Å². The first-order valence-corrected chi connectivity index (χ1v) is 5.88. The van der Waals surface area contributed by atoms with Crippen molar-refractivity contribution in [2.75, 3.05) is 13.1 Å². The van der Waals surface area contributed by atoms with Crippen molar-refractivity contribution in [1.29, 1.82) is 0 Å². The average Bonchev–Trinajstić information content (AvgIpc) is 2.25. The van der Waals surface area contributed by atoms with Crippen LogP contribution in [0.5, 0.6) is 0 Å². The smallest absolute Gasteiger partial charge is 0.303 e. The molecule has 0 aromatic rings. The Morgan fingerprint density at radius 3 is 1.41 bits per heavy atom. The fraction of sp³-hybridized carbons (Fsp3) is 0.818. The third kappa shape index (κ3) is 25.3. The highest BCUT2D eigenvalue weighted by molar-refractivity contribution is 5.66. The Hall–Kier alpha value is -1.14. The monoisotopic (exact) mass is 248 g/mol. The van der Waals surface area contributed by atoms with Crippen molar-refractivity contribution in [3.8, 4) is 0 Å². The lowest BCUT2D eigenvalue weighted by Gasteiger charge is -1.93. The standard InChI is InChI=1S/C6H13NO2.C5H11NO2/c7-5-3-1-2-4-6(8)9;6-4-2-1-3-5(7)8/h1-5,7H2,(H,8,9);1-4,6H2,(H,7,8). The van der Waals surface area contributed by atoms with Gasteiger partial charge in [-0.3, -0.25) is 9.59 Å². The molecule has 0 spiro atoms. The fourth-order valence-electron chi connectivity index (χ4n) is 1.02. The van der Waals surface area contributed by atoms with E-state index in [1.54, 1.807) is 0 Å².